The first-order valence-electron chi connectivity index (χ1n) is 4.00. The van der Waals surface area contributed by atoms with Gasteiger partial charge in [0.05, 0.1) is 17.8 Å². The van der Waals surface area contributed by atoms with Crippen LogP contribution in [-0.4, -0.2) is 24.4 Å². The summed E-state index contributed by atoms with van der Waals surface area (Å²) in [5, 5.41) is 13.6. The monoisotopic (exact) mass is 228 g/mol. The number of rotatable bonds is 3. The Balaban J connectivity index is 2.94. The number of amides is 1. The van der Waals surface area contributed by atoms with Gasteiger partial charge in [0.25, 0.3) is 5.91 Å². The second-order valence-electron chi connectivity index (χ2n) is 2.55. The molecule has 1 aromatic rings. The molecule has 1 rings (SSSR count). The van der Waals surface area contributed by atoms with Crippen LogP contribution in [0.3, 0.4) is 0 Å². The zero-order valence-electron chi connectivity index (χ0n) is 7.90. The van der Waals surface area contributed by atoms with Crippen LogP contribution < -0.4 is 10.1 Å². The first kappa shape index (κ1) is 11.3. The molecule has 1 aromatic carbocycles. The summed E-state index contributed by atoms with van der Waals surface area (Å²) in [4.78, 5) is 11.1. The van der Waals surface area contributed by atoms with E-state index in [0.29, 0.717) is 16.5 Å². The molecule has 5 nitrogen and oxygen atoms in total. The van der Waals surface area contributed by atoms with Crippen LogP contribution in [-0.2, 0) is 4.79 Å². The highest BCUT2D eigenvalue weighted by atomic mass is 35.5. The molecule has 15 heavy (non-hydrogen) atoms. The summed E-state index contributed by atoms with van der Waals surface area (Å²) in [6.45, 7) is 0. The molecule has 6 heteroatoms. The number of nitrogens with zero attached hydrogens (tertiary/aromatic N) is 1. The fraction of sp³-hybridized carbons (Fsp3) is 0.111. The van der Waals surface area contributed by atoms with Crippen molar-refractivity contribution in [2.24, 2.45) is 5.16 Å². The molecule has 0 unspecified atom stereocenters. The van der Waals surface area contributed by atoms with E-state index in [4.69, 9.17) is 21.5 Å². The van der Waals surface area contributed by atoms with Crippen molar-refractivity contribution in [2.45, 2.75) is 0 Å². The van der Waals surface area contributed by atoms with E-state index < -0.39 is 5.91 Å². The fourth-order valence-corrected chi connectivity index (χ4v) is 1.28. The number of nitrogens with one attached hydrogen (secondary N) is 1. The average molecular weight is 229 g/mol. The molecule has 1 amide bonds. The zero-order chi connectivity index (χ0) is 11.3. The molecule has 0 saturated heterocycles. The van der Waals surface area contributed by atoms with Gasteiger partial charge in [0, 0.05) is 0 Å². The second-order valence-corrected chi connectivity index (χ2v) is 2.96. The van der Waals surface area contributed by atoms with Gasteiger partial charge in [-0.2, -0.15) is 0 Å². The summed E-state index contributed by atoms with van der Waals surface area (Å²) in [7, 11) is 1.44. The smallest absolute Gasteiger partial charge is 0.270 e. The van der Waals surface area contributed by atoms with Crippen LogP contribution in [0.25, 0.3) is 0 Å². The van der Waals surface area contributed by atoms with E-state index in [-0.39, 0.29) is 0 Å². The summed E-state index contributed by atoms with van der Waals surface area (Å²) in [6.07, 6.45) is 0.736. The average Bonchev–Trinajstić information content (AvgIpc) is 2.18. The molecule has 0 aliphatic heterocycles. The molecular weight excluding hydrogens is 220 g/mol. The number of oxime groups is 1. The summed E-state index contributed by atoms with van der Waals surface area (Å²) in [6, 6.07) is 4.92. The quantitative estimate of drug-likeness (QED) is 0.470. The van der Waals surface area contributed by atoms with Gasteiger partial charge in [-0.3, -0.25) is 4.79 Å². The maximum atomic E-state index is 11.1. The van der Waals surface area contributed by atoms with Gasteiger partial charge in [-0.05, 0) is 12.1 Å². The molecule has 0 heterocycles. The van der Waals surface area contributed by atoms with Crippen molar-refractivity contribution in [3.8, 4) is 5.75 Å². The van der Waals surface area contributed by atoms with E-state index in [2.05, 4.69) is 10.5 Å². The third-order valence-electron chi connectivity index (χ3n) is 1.60. The van der Waals surface area contributed by atoms with Crippen LogP contribution in [0.5, 0.6) is 5.75 Å². The van der Waals surface area contributed by atoms with Gasteiger partial charge in [0.1, 0.15) is 6.21 Å². The first-order chi connectivity index (χ1) is 7.19. The maximum absolute atomic E-state index is 11.1. The Kier molecular flexibility index (Phi) is 3.93. The van der Waals surface area contributed by atoms with E-state index in [0.717, 1.165) is 6.21 Å². The Bertz CT molecular complexity index is 393. The molecular formula is C9H9ClN2O3. The summed E-state index contributed by atoms with van der Waals surface area (Å²) in [5.41, 5.74) is 0.412. The number of anilines is 1. The lowest BCUT2D eigenvalue weighted by molar-refractivity contribution is -0.110. The van der Waals surface area contributed by atoms with Crippen molar-refractivity contribution in [1.29, 1.82) is 0 Å². The van der Waals surface area contributed by atoms with Crippen LogP contribution in [0.15, 0.2) is 23.4 Å². The van der Waals surface area contributed by atoms with E-state index in [1.165, 1.54) is 7.11 Å². The minimum absolute atomic E-state index is 0.360. The molecule has 0 spiro atoms. The fourth-order valence-electron chi connectivity index (χ4n) is 1.03. The topological polar surface area (TPSA) is 70.9 Å². The summed E-state index contributed by atoms with van der Waals surface area (Å²) < 4.78 is 5.00. The van der Waals surface area contributed by atoms with E-state index in [1.807, 2.05) is 0 Å². The lowest BCUT2D eigenvalue weighted by atomic mass is 10.3. The SMILES string of the molecule is COc1c(Cl)cccc1NC(=O)/C=N/O. The number of methoxy groups -OCH3 is 1. The Labute approximate surface area is 91.3 Å². The summed E-state index contributed by atoms with van der Waals surface area (Å²) >= 11 is 5.83. The number of para-hydroxylation sites is 1. The van der Waals surface area contributed by atoms with Gasteiger partial charge in [-0.15, -0.1) is 0 Å². The minimum Gasteiger partial charge on any atom is -0.493 e. The van der Waals surface area contributed by atoms with Crippen molar-refractivity contribution in [3.63, 3.8) is 0 Å². The minimum atomic E-state index is -0.571. The van der Waals surface area contributed by atoms with Crippen LogP contribution in [0.2, 0.25) is 5.02 Å². The van der Waals surface area contributed by atoms with Gasteiger partial charge < -0.3 is 15.3 Å². The summed E-state index contributed by atoms with van der Waals surface area (Å²) in [5.74, 6) is -0.211. The standard InChI is InChI=1S/C9H9ClN2O3/c1-15-9-6(10)3-2-4-7(9)12-8(13)5-11-14/h2-5,14H,1H3,(H,12,13)/b11-5+. The largest absolute Gasteiger partial charge is 0.493 e. The van der Waals surface area contributed by atoms with E-state index in [9.17, 15) is 4.79 Å². The Morgan fingerprint density at radius 1 is 1.67 bits per heavy atom. The van der Waals surface area contributed by atoms with Crippen molar-refractivity contribution in [3.05, 3.63) is 23.2 Å². The number of hydrogen-bond donors (Lipinski definition) is 2. The third kappa shape index (κ3) is 2.85. The Morgan fingerprint density at radius 2 is 2.40 bits per heavy atom. The van der Waals surface area contributed by atoms with E-state index in [1.54, 1.807) is 18.2 Å². The highest BCUT2D eigenvalue weighted by molar-refractivity contribution is 6.34. The predicted molar refractivity (Wildman–Crippen MR) is 56.9 cm³/mol. The van der Waals surface area contributed by atoms with Crippen LogP contribution in [0.4, 0.5) is 5.69 Å². The molecule has 0 aliphatic rings. The molecule has 0 saturated carbocycles. The van der Waals surface area contributed by atoms with E-state index >= 15 is 0 Å². The lowest BCUT2D eigenvalue weighted by Gasteiger charge is -2.09. The molecule has 2 N–H and O–H groups in total. The van der Waals surface area contributed by atoms with Gasteiger partial charge >= 0.3 is 0 Å². The van der Waals surface area contributed by atoms with Gasteiger partial charge in [0.2, 0.25) is 0 Å². The number of carbonyl (C=O) groups excluding carboxylic acids is 1. The van der Waals surface area contributed by atoms with Crippen molar-refractivity contribution in [2.75, 3.05) is 12.4 Å². The Hall–Kier alpha value is -1.75. The van der Waals surface area contributed by atoms with Crippen molar-refractivity contribution in [1.82, 2.24) is 0 Å². The number of benzene rings is 1. The van der Waals surface area contributed by atoms with Crippen molar-refractivity contribution >= 4 is 29.4 Å². The van der Waals surface area contributed by atoms with Crippen LogP contribution >= 0.6 is 11.6 Å². The molecule has 80 valence electrons. The van der Waals surface area contributed by atoms with Crippen LogP contribution in [0, 0.1) is 0 Å². The lowest BCUT2D eigenvalue weighted by Crippen LogP contribution is -2.13. The second kappa shape index (κ2) is 5.21. The third-order valence-corrected chi connectivity index (χ3v) is 1.90. The van der Waals surface area contributed by atoms with Gasteiger partial charge in [-0.1, -0.05) is 22.8 Å². The number of hydrogen-bond acceptors (Lipinski definition) is 4. The highest BCUT2D eigenvalue weighted by Crippen LogP contribution is 2.32. The number of halogens is 1. The highest BCUT2D eigenvalue weighted by Gasteiger charge is 2.08. The zero-order valence-corrected chi connectivity index (χ0v) is 8.65. The number of carbonyl (C=O) groups is 1. The van der Waals surface area contributed by atoms with Crippen LogP contribution in [0.1, 0.15) is 0 Å². The first-order valence-corrected chi connectivity index (χ1v) is 4.37. The molecule has 0 atom stereocenters. The van der Waals surface area contributed by atoms with Crippen molar-refractivity contribution < 1.29 is 14.7 Å². The molecule has 0 fully saturated rings. The molecule has 0 bridgehead atoms. The van der Waals surface area contributed by atoms with Gasteiger partial charge in [-0.25, -0.2) is 0 Å². The number of ether oxygens (including phenoxy) is 1. The van der Waals surface area contributed by atoms with Gasteiger partial charge in [0.15, 0.2) is 5.75 Å². The molecule has 0 radical (unpaired) electrons. The normalized spacial score (nSPS) is 10.3. The predicted octanol–water partition coefficient (Wildman–Crippen LogP) is 1.75. The molecule has 0 aliphatic carbocycles. The maximum Gasteiger partial charge on any atom is 0.270 e. The Morgan fingerprint density at radius 3 is 3.00 bits per heavy atom. The molecule has 0 aromatic heterocycles.